The highest BCUT2D eigenvalue weighted by Gasteiger charge is 2.41. The van der Waals surface area contributed by atoms with Gasteiger partial charge in [-0.2, -0.15) is 4.98 Å². The van der Waals surface area contributed by atoms with Crippen molar-refractivity contribution in [2.75, 3.05) is 7.11 Å². The van der Waals surface area contributed by atoms with Gasteiger partial charge in [-0.15, -0.1) is 0 Å². The van der Waals surface area contributed by atoms with Crippen molar-refractivity contribution in [3.63, 3.8) is 0 Å². The molecule has 1 aromatic carbocycles. The number of halogens is 1. The molecule has 1 fully saturated rings. The molecule has 1 aliphatic rings. The summed E-state index contributed by atoms with van der Waals surface area (Å²) in [5, 5.41) is 4.71. The fourth-order valence-electron chi connectivity index (χ4n) is 4.48. The average Bonchev–Trinajstić information content (AvgIpc) is 3.46. The highest BCUT2D eigenvalue weighted by molar-refractivity contribution is 6.31. The fraction of sp³-hybridized carbons (Fsp3) is 0.429. The second-order valence-electron chi connectivity index (χ2n) is 8.04. The van der Waals surface area contributed by atoms with E-state index in [1.807, 2.05) is 19.9 Å². The van der Waals surface area contributed by atoms with Crippen molar-refractivity contribution in [2.24, 2.45) is 0 Å². The van der Waals surface area contributed by atoms with Crippen molar-refractivity contribution in [3.05, 3.63) is 45.8 Å². The molecule has 0 unspecified atom stereocenters. The van der Waals surface area contributed by atoms with Crippen molar-refractivity contribution in [3.8, 4) is 11.5 Å². The van der Waals surface area contributed by atoms with E-state index in [0.29, 0.717) is 22.1 Å². The van der Waals surface area contributed by atoms with Gasteiger partial charge in [0.25, 0.3) is 11.4 Å². The lowest BCUT2D eigenvalue weighted by molar-refractivity contribution is -0.0342. The van der Waals surface area contributed by atoms with Gasteiger partial charge in [-0.3, -0.25) is 9.20 Å². The third kappa shape index (κ3) is 2.70. The molecule has 156 valence electrons. The molecule has 0 bridgehead atoms. The van der Waals surface area contributed by atoms with Gasteiger partial charge < -0.3 is 13.8 Å². The molecule has 0 aliphatic heterocycles. The van der Waals surface area contributed by atoms with Crippen molar-refractivity contribution < 1.29 is 9.26 Å². The summed E-state index contributed by atoms with van der Waals surface area (Å²) in [7, 11) is 1.67. The molecule has 8 nitrogen and oxygen atoms in total. The molecule has 1 aliphatic carbocycles. The van der Waals surface area contributed by atoms with E-state index in [-0.39, 0.29) is 17.4 Å². The molecule has 9 heteroatoms. The minimum atomic E-state index is -0.553. The topological polar surface area (TPSA) is 87.5 Å². The lowest BCUT2D eigenvalue weighted by atomic mass is 10.0. The van der Waals surface area contributed by atoms with Crippen molar-refractivity contribution in [1.29, 1.82) is 0 Å². The van der Waals surface area contributed by atoms with Crippen LogP contribution in [0.4, 0.5) is 0 Å². The number of hydrogen-bond acceptors (Lipinski definition) is 6. The second kappa shape index (κ2) is 6.92. The van der Waals surface area contributed by atoms with E-state index < -0.39 is 5.60 Å². The molecular weight excluding hydrogens is 406 g/mol. The van der Waals surface area contributed by atoms with Gasteiger partial charge in [-0.25, -0.2) is 4.98 Å². The summed E-state index contributed by atoms with van der Waals surface area (Å²) in [6.45, 7) is 3.92. The minimum absolute atomic E-state index is 0.0673. The van der Waals surface area contributed by atoms with Crippen LogP contribution in [0, 0.1) is 0 Å². The van der Waals surface area contributed by atoms with E-state index in [4.69, 9.17) is 20.9 Å². The molecule has 0 spiro atoms. The molecule has 0 radical (unpaired) electrons. The van der Waals surface area contributed by atoms with Gasteiger partial charge in [0, 0.05) is 18.2 Å². The van der Waals surface area contributed by atoms with Crippen molar-refractivity contribution in [2.45, 2.75) is 51.2 Å². The zero-order valence-corrected chi connectivity index (χ0v) is 17.8. The SMILES string of the molecule is COC1(c2nc(-c3ncn4c3c(=O)n(C(C)C)c3cc(Cl)ccc34)no2)CCCC1. The van der Waals surface area contributed by atoms with Crippen LogP contribution in [0.25, 0.3) is 28.1 Å². The van der Waals surface area contributed by atoms with Crippen molar-refractivity contribution >= 4 is 28.2 Å². The van der Waals surface area contributed by atoms with Gasteiger partial charge in [0.15, 0.2) is 0 Å². The lowest BCUT2D eigenvalue weighted by Gasteiger charge is -2.21. The monoisotopic (exact) mass is 427 g/mol. The molecule has 30 heavy (non-hydrogen) atoms. The Morgan fingerprint density at radius 2 is 2.00 bits per heavy atom. The number of nitrogens with zero attached hydrogens (tertiary/aromatic N) is 5. The van der Waals surface area contributed by atoms with Crippen LogP contribution in [0.1, 0.15) is 51.5 Å². The van der Waals surface area contributed by atoms with Gasteiger partial charge in [0.1, 0.15) is 23.1 Å². The molecule has 3 aromatic heterocycles. The Hall–Kier alpha value is -2.71. The third-order valence-corrected chi connectivity index (χ3v) is 6.23. The van der Waals surface area contributed by atoms with E-state index in [2.05, 4.69) is 15.1 Å². The third-order valence-electron chi connectivity index (χ3n) is 5.99. The Bertz CT molecular complexity index is 1310. The number of ether oxygens (including phenoxy) is 1. The van der Waals surface area contributed by atoms with E-state index in [1.165, 1.54) is 0 Å². The first-order chi connectivity index (χ1) is 14.4. The lowest BCUT2D eigenvalue weighted by Crippen LogP contribution is -2.25. The van der Waals surface area contributed by atoms with E-state index in [9.17, 15) is 4.79 Å². The standard InChI is InChI=1S/C21H22ClN5O3/c1-12(2)27-15-10-13(22)6-7-14(15)26-11-23-16(17(26)19(27)28)18-24-20(30-25-18)21(29-3)8-4-5-9-21/h6-7,10-12H,4-5,8-9H2,1-3H3. The molecule has 0 amide bonds. The van der Waals surface area contributed by atoms with Gasteiger partial charge in [-0.1, -0.05) is 16.8 Å². The smallest absolute Gasteiger partial charge is 0.278 e. The molecule has 4 aromatic rings. The summed E-state index contributed by atoms with van der Waals surface area (Å²) in [5.41, 5.74) is 1.64. The minimum Gasteiger partial charge on any atom is -0.368 e. The predicted molar refractivity (Wildman–Crippen MR) is 113 cm³/mol. The predicted octanol–water partition coefficient (Wildman–Crippen LogP) is 4.35. The zero-order chi connectivity index (χ0) is 21.0. The number of fused-ring (bicyclic) bond motifs is 3. The number of aromatic nitrogens is 5. The van der Waals surface area contributed by atoms with E-state index in [1.54, 1.807) is 34.5 Å². The zero-order valence-electron chi connectivity index (χ0n) is 17.1. The van der Waals surface area contributed by atoms with Crippen LogP contribution in [-0.4, -0.2) is 31.2 Å². The number of rotatable bonds is 4. The highest BCUT2D eigenvalue weighted by Crippen LogP contribution is 2.41. The summed E-state index contributed by atoms with van der Waals surface area (Å²) >= 11 is 6.21. The van der Waals surface area contributed by atoms with Crippen LogP contribution in [0.2, 0.25) is 5.02 Å². The summed E-state index contributed by atoms with van der Waals surface area (Å²) in [4.78, 5) is 22.5. The summed E-state index contributed by atoms with van der Waals surface area (Å²) in [6, 6.07) is 5.41. The number of methoxy groups -OCH3 is 1. The number of imidazole rings is 1. The normalized spacial score (nSPS) is 16.3. The van der Waals surface area contributed by atoms with Gasteiger partial charge >= 0.3 is 0 Å². The van der Waals surface area contributed by atoms with Gasteiger partial charge in [0.2, 0.25) is 5.82 Å². The largest absolute Gasteiger partial charge is 0.368 e. The highest BCUT2D eigenvalue weighted by atomic mass is 35.5. The molecule has 0 N–H and O–H groups in total. The summed E-state index contributed by atoms with van der Waals surface area (Å²) < 4.78 is 14.8. The summed E-state index contributed by atoms with van der Waals surface area (Å²) in [5.74, 6) is 0.729. The first-order valence-corrected chi connectivity index (χ1v) is 10.4. The van der Waals surface area contributed by atoms with Gasteiger partial charge in [-0.05, 0) is 57.7 Å². The molecule has 0 atom stereocenters. The maximum Gasteiger partial charge on any atom is 0.278 e. The molecular formula is C21H22ClN5O3. The number of benzene rings is 1. The molecule has 3 heterocycles. The quantitative estimate of drug-likeness (QED) is 0.481. The van der Waals surface area contributed by atoms with Crippen LogP contribution in [-0.2, 0) is 10.3 Å². The van der Waals surface area contributed by atoms with E-state index >= 15 is 0 Å². The Labute approximate surface area is 177 Å². The first-order valence-electron chi connectivity index (χ1n) is 10.1. The first kappa shape index (κ1) is 19.3. The van der Waals surface area contributed by atoms with Gasteiger partial charge in [0.05, 0.1) is 11.0 Å². The second-order valence-corrected chi connectivity index (χ2v) is 8.48. The number of hydrogen-bond donors (Lipinski definition) is 0. The Morgan fingerprint density at radius 3 is 2.70 bits per heavy atom. The maximum absolute atomic E-state index is 13.5. The Morgan fingerprint density at radius 1 is 1.23 bits per heavy atom. The molecule has 0 saturated heterocycles. The molecule has 1 saturated carbocycles. The molecule has 5 rings (SSSR count). The van der Waals surface area contributed by atoms with Crippen LogP contribution in [0.5, 0.6) is 0 Å². The average molecular weight is 428 g/mol. The van der Waals surface area contributed by atoms with Crippen LogP contribution >= 0.6 is 11.6 Å². The summed E-state index contributed by atoms with van der Waals surface area (Å²) in [6.07, 6.45) is 5.38. The van der Waals surface area contributed by atoms with Crippen LogP contribution in [0.15, 0.2) is 33.8 Å². The Balaban J connectivity index is 1.75. The maximum atomic E-state index is 13.5. The fourth-order valence-corrected chi connectivity index (χ4v) is 4.65. The van der Waals surface area contributed by atoms with Crippen molar-refractivity contribution in [1.82, 2.24) is 24.1 Å². The van der Waals surface area contributed by atoms with Crippen LogP contribution in [0.3, 0.4) is 0 Å². The van der Waals surface area contributed by atoms with E-state index in [0.717, 1.165) is 36.7 Å². The Kier molecular flexibility index (Phi) is 4.44. The van der Waals surface area contributed by atoms with Crippen LogP contribution < -0.4 is 5.56 Å².